The van der Waals surface area contributed by atoms with Crippen molar-refractivity contribution in [1.29, 1.82) is 0 Å². The summed E-state index contributed by atoms with van der Waals surface area (Å²) in [6.45, 7) is 11.8. The van der Waals surface area contributed by atoms with Gasteiger partial charge in [-0.2, -0.15) is 8.78 Å². The molecule has 0 aromatic heterocycles. The number of rotatable bonds is 9. The van der Waals surface area contributed by atoms with E-state index in [2.05, 4.69) is 81.1 Å². The van der Waals surface area contributed by atoms with Crippen LogP contribution in [0.5, 0.6) is 5.75 Å². The Balaban J connectivity index is 1.81. The van der Waals surface area contributed by atoms with Crippen LogP contribution in [-0.2, 0) is 5.41 Å². The first-order chi connectivity index (χ1) is 17.8. The summed E-state index contributed by atoms with van der Waals surface area (Å²) in [5.41, 5.74) is 6.57. The Morgan fingerprint density at radius 1 is 0.974 bits per heavy atom. The molecule has 3 aromatic carbocycles. The highest BCUT2D eigenvalue weighted by atomic mass is 19.3. The van der Waals surface area contributed by atoms with Crippen molar-refractivity contribution < 1.29 is 18.3 Å². The molecule has 0 heterocycles. The highest BCUT2D eigenvalue weighted by Crippen LogP contribution is 2.30. The summed E-state index contributed by atoms with van der Waals surface area (Å²) in [4.78, 5) is 17.9. The van der Waals surface area contributed by atoms with E-state index in [0.717, 1.165) is 28.1 Å². The zero-order valence-electron chi connectivity index (χ0n) is 23.3. The first-order valence-corrected chi connectivity index (χ1v) is 13.0. The van der Waals surface area contributed by atoms with Crippen molar-refractivity contribution in [3.05, 3.63) is 83.4 Å². The fourth-order valence-corrected chi connectivity index (χ4v) is 4.25. The number of carbonyl (C=O) groups excluding carboxylic acids is 1. The lowest BCUT2D eigenvalue weighted by atomic mass is 9.86. The Morgan fingerprint density at radius 2 is 1.63 bits per heavy atom. The molecule has 38 heavy (non-hydrogen) atoms. The van der Waals surface area contributed by atoms with Crippen molar-refractivity contribution in [2.45, 2.75) is 73.0 Å². The van der Waals surface area contributed by atoms with Crippen molar-refractivity contribution >= 4 is 17.3 Å². The quantitative estimate of drug-likeness (QED) is 0.288. The Labute approximate surface area is 225 Å². The number of nitrogens with one attached hydrogen (secondary N) is 1. The van der Waals surface area contributed by atoms with Crippen LogP contribution in [0.25, 0.3) is 11.1 Å². The van der Waals surface area contributed by atoms with Gasteiger partial charge >= 0.3 is 6.61 Å². The molecule has 0 saturated heterocycles. The predicted octanol–water partition coefficient (Wildman–Crippen LogP) is 8.50. The number of carbonyl (C=O) groups is 1. The molecule has 0 aliphatic heterocycles. The molecule has 1 unspecified atom stereocenters. The molecular weight excluding hydrogens is 482 g/mol. The maximum atomic E-state index is 13.0. The molecule has 0 saturated carbocycles. The van der Waals surface area contributed by atoms with E-state index in [4.69, 9.17) is 4.99 Å². The van der Waals surface area contributed by atoms with Crippen molar-refractivity contribution in [2.24, 2.45) is 10.9 Å². The zero-order chi connectivity index (χ0) is 28.0. The van der Waals surface area contributed by atoms with Crippen LogP contribution in [0.15, 0.2) is 71.7 Å². The normalized spacial score (nSPS) is 13.1. The van der Waals surface area contributed by atoms with E-state index in [-0.39, 0.29) is 28.7 Å². The molecule has 4 nitrogen and oxygen atoms in total. The highest BCUT2D eigenvalue weighted by Gasteiger charge is 2.19. The van der Waals surface area contributed by atoms with Gasteiger partial charge in [0, 0.05) is 11.3 Å². The molecule has 3 aromatic rings. The number of aryl methyl sites for hydroxylation is 1. The number of alkyl halides is 2. The lowest BCUT2D eigenvalue weighted by Crippen LogP contribution is -2.40. The summed E-state index contributed by atoms with van der Waals surface area (Å²) in [6, 6.07) is 20.3. The topological polar surface area (TPSA) is 50.7 Å². The smallest absolute Gasteiger partial charge is 0.387 e. The highest BCUT2D eigenvalue weighted by molar-refractivity contribution is 5.99. The van der Waals surface area contributed by atoms with E-state index in [9.17, 15) is 13.6 Å². The van der Waals surface area contributed by atoms with Gasteiger partial charge in [0.15, 0.2) is 0 Å². The maximum absolute atomic E-state index is 13.0. The Bertz CT molecular complexity index is 1280. The Kier molecular flexibility index (Phi) is 9.42. The van der Waals surface area contributed by atoms with Gasteiger partial charge in [-0.3, -0.25) is 9.79 Å². The second-order valence-corrected chi connectivity index (χ2v) is 11.1. The van der Waals surface area contributed by atoms with E-state index in [1.165, 1.54) is 23.8 Å². The maximum Gasteiger partial charge on any atom is 0.387 e. The lowest BCUT2D eigenvalue weighted by molar-refractivity contribution is -0.0498. The monoisotopic (exact) mass is 520 g/mol. The van der Waals surface area contributed by atoms with Crippen LogP contribution < -0.4 is 10.1 Å². The van der Waals surface area contributed by atoms with Gasteiger partial charge in [0.1, 0.15) is 5.75 Å². The molecule has 0 spiro atoms. The van der Waals surface area contributed by atoms with Crippen molar-refractivity contribution in [1.82, 2.24) is 5.32 Å². The Hall–Kier alpha value is -3.54. The van der Waals surface area contributed by atoms with Gasteiger partial charge in [-0.15, -0.1) is 0 Å². The van der Waals surface area contributed by atoms with Crippen LogP contribution in [-0.4, -0.2) is 24.3 Å². The SMILES string of the molecule is C/C(=N\c1ccc(-c2ccc(C(C)(C)C)cc2)cc1C)C(CC(C)C)NC(=O)c1cccc(OC(F)F)c1. The van der Waals surface area contributed by atoms with Crippen molar-refractivity contribution in [3.8, 4) is 16.9 Å². The van der Waals surface area contributed by atoms with Crippen LogP contribution in [0.4, 0.5) is 14.5 Å². The average Bonchev–Trinajstić information content (AvgIpc) is 2.83. The molecule has 1 amide bonds. The minimum atomic E-state index is -2.95. The number of hydrogen-bond donors (Lipinski definition) is 1. The lowest BCUT2D eigenvalue weighted by Gasteiger charge is -2.21. The molecule has 0 fully saturated rings. The average molecular weight is 521 g/mol. The molecule has 0 aliphatic rings. The molecule has 0 aliphatic carbocycles. The summed E-state index contributed by atoms with van der Waals surface area (Å²) in [6.07, 6.45) is 0.686. The largest absolute Gasteiger partial charge is 0.435 e. The van der Waals surface area contributed by atoms with E-state index in [1.807, 2.05) is 19.9 Å². The predicted molar refractivity (Wildman–Crippen MR) is 152 cm³/mol. The number of benzene rings is 3. The summed E-state index contributed by atoms with van der Waals surface area (Å²) in [5.74, 6) is -0.114. The van der Waals surface area contributed by atoms with Crippen LogP contribution in [0.2, 0.25) is 0 Å². The van der Waals surface area contributed by atoms with Crippen LogP contribution in [0.3, 0.4) is 0 Å². The second-order valence-electron chi connectivity index (χ2n) is 11.1. The minimum Gasteiger partial charge on any atom is -0.435 e. The molecule has 0 bridgehead atoms. The molecule has 1 N–H and O–H groups in total. The van der Waals surface area contributed by atoms with Gasteiger partial charge < -0.3 is 10.1 Å². The summed E-state index contributed by atoms with van der Waals surface area (Å²) < 4.78 is 29.6. The number of nitrogens with zero attached hydrogens (tertiary/aromatic N) is 1. The Morgan fingerprint density at radius 3 is 2.21 bits per heavy atom. The zero-order valence-corrected chi connectivity index (χ0v) is 23.3. The third-order valence-electron chi connectivity index (χ3n) is 6.42. The summed E-state index contributed by atoms with van der Waals surface area (Å²) in [5, 5.41) is 3.03. The first kappa shape index (κ1) is 29.0. The first-order valence-electron chi connectivity index (χ1n) is 13.0. The molecule has 1 atom stereocenters. The third-order valence-corrected chi connectivity index (χ3v) is 6.42. The molecular formula is C32H38F2N2O2. The van der Waals surface area contributed by atoms with Gasteiger partial charge in [0.05, 0.1) is 11.7 Å². The standard InChI is InChI=1S/C32H38F2N2O2/c1-20(2)17-29(36-30(37)25-9-8-10-27(19-25)38-31(33)34)22(4)35-28-16-13-24(18-21(28)3)23-11-14-26(15-12-23)32(5,6)7/h8-16,18-20,29,31H,17H2,1-7H3,(H,36,37)/b35-22+. The molecule has 202 valence electrons. The summed E-state index contributed by atoms with van der Waals surface area (Å²) in [7, 11) is 0. The molecule has 3 rings (SSSR count). The third kappa shape index (κ3) is 7.98. The van der Waals surface area contributed by atoms with Gasteiger partial charge in [-0.05, 0) is 84.2 Å². The van der Waals surface area contributed by atoms with Crippen LogP contribution >= 0.6 is 0 Å². The second kappa shape index (κ2) is 12.3. The van der Waals surface area contributed by atoms with Gasteiger partial charge in [0.2, 0.25) is 0 Å². The molecule has 0 radical (unpaired) electrons. The van der Waals surface area contributed by atoms with E-state index in [0.29, 0.717) is 12.3 Å². The van der Waals surface area contributed by atoms with E-state index in [1.54, 1.807) is 6.07 Å². The van der Waals surface area contributed by atoms with Crippen LogP contribution in [0, 0.1) is 12.8 Å². The minimum absolute atomic E-state index is 0.0535. The summed E-state index contributed by atoms with van der Waals surface area (Å²) >= 11 is 0. The van der Waals surface area contributed by atoms with Crippen molar-refractivity contribution in [3.63, 3.8) is 0 Å². The van der Waals surface area contributed by atoms with Gasteiger partial charge in [0.25, 0.3) is 5.91 Å². The van der Waals surface area contributed by atoms with Crippen molar-refractivity contribution in [2.75, 3.05) is 0 Å². The van der Waals surface area contributed by atoms with Gasteiger partial charge in [-0.1, -0.05) is 71.0 Å². The number of amides is 1. The number of halogens is 2. The van der Waals surface area contributed by atoms with Crippen LogP contribution in [0.1, 0.15) is 69.4 Å². The fraction of sp³-hybridized carbons (Fsp3) is 0.375. The van der Waals surface area contributed by atoms with E-state index < -0.39 is 6.61 Å². The number of ether oxygens (including phenoxy) is 1. The number of aliphatic imine (C=N–C) groups is 1. The van der Waals surface area contributed by atoms with E-state index >= 15 is 0 Å². The number of hydrogen-bond acceptors (Lipinski definition) is 3. The molecule has 6 heteroatoms. The fourth-order valence-electron chi connectivity index (χ4n) is 4.25. The van der Waals surface area contributed by atoms with Gasteiger partial charge in [-0.25, -0.2) is 0 Å².